The molecule has 0 aliphatic heterocycles. The van der Waals surface area contributed by atoms with Crippen LogP contribution in [0.2, 0.25) is 0 Å². The van der Waals surface area contributed by atoms with Gasteiger partial charge in [0.15, 0.2) is 0 Å². The maximum atomic E-state index is 5.54. The lowest BCUT2D eigenvalue weighted by Gasteiger charge is -2.12. The van der Waals surface area contributed by atoms with Crippen LogP contribution in [-0.2, 0) is 6.42 Å². The Morgan fingerprint density at radius 1 is 1.27 bits per heavy atom. The number of nitrogens with one attached hydrogen (secondary N) is 1. The molecule has 0 aromatic heterocycles. The number of ether oxygens (including phenoxy) is 1. The molecule has 15 heavy (non-hydrogen) atoms. The van der Waals surface area contributed by atoms with Crippen molar-refractivity contribution in [2.24, 2.45) is 5.84 Å². The molecule has 0 atom stereocenters. The smallest absolute Gasteiger partial charge is 0.122 e. The van der Waals surface area contributed by atoms with Crippen LogP contribution in [0, 0.1) is 13.8 Å². The number of aryl methyl sites for hydroxylation is 2. The minimum atomic E-state index is 0.712. The van der Waals surface area contributed by atoms with E-state index in [1.54, 1.807) is 0 Å². The Labute approximate surface area is 91.6 Å². The number of hydrogen-bond acceptors (Lipinski definition) is 3. The quantitative estimate of drug-likeness (QED) is 0.572. The third-order valence-corrected chi connectivity index (χ3v) is 2.47. The van der Waals surface area contributed by atoms with Crippen molar-refractivity contribution in [3.8, 4) is 5.75 Å². The minimum absolute atomic E-state index is 0.712. The molecule has 3 nitrogen and oxygen atoms in total. The van der Waals surface area contributed by atoms with Crippen molar-refractivity contribution in [2.75, 3.05) is 13.2 Å². The number of rotatable bonds is 5. The van der Waals surface area contributed by atoms with Crippen LogP contribution in [0.5, 0.6) is 5.75 Å². The van der Waals surface area contributed by atoms with Crippen LogP contribution in [0.25, 0.3) is 0 Å². The summed E-state index contributed by atoms with van der Waals surface area (Å²) in [6.45, 7) is 7.69. The van der Waals surface area contributed by atoms with E-state index in [4.69, 9.17) is 10.6 Å². The van der Waals surface area contributed by atoms with Gasteiger partial charge in [-0.2, -0.15) is 0 Å². The largest absolute Gasteiger partial charge is 0.494 e. The Balaban J connectivity index is 2.87. The lowest BCUT2D eigenvalue weighted by molar-refractivity contribution is 0.337. The first-order valence-corrected chi connectivity index (χ1v) is 5.35. The molecule has 84 valence electrons. The van der Waals surface area contributed by atoms with Crippen LogP contribution in [0.15, 0.2) is 12.1 Å². The second-order valence-electron chi connectivity index (χ2n) is 3.68. The summed E-state index contributed by atoms with van der Waals surface area (Å²) in [5, 5.41) is 0. The van der Waals surface area contributed by atoms with E-state index in [1.807, 2.05) is 6.92 Å². The zero-order valence-electron chi connectivity index (χ0n) is 9.76. The van der Waals surface area contributed by atoms with E-state index >= 15 is 0 Å². The molecule has 0 saturated carbocycles. The highest BCUT2D eigenvalue weighted by Gasteiger charge is 2.04. The van der Waals surface area contributed by atoms with Gasteiger partial charge in [0, 0.05) is 6.54 Å². The summed E-state index contributed by atoms with van der Waals surface area (Å²) in [6, 6.07) is 4.28. The minimum Gasteiger partial charge on any atom is -0.494 e. The van der Waals surface area contributed by atoms with Gasteiger partial charge in [0.2, 0.25) is 0 Å². The summed E-state index contributed by atoms with van der Waals surface area (Å²) in [5.41, 5.74) is 6.45. The van der Waals surface area contributed by atoms with Gasteiger partial charge >= 0.3 is 0 Å². The molecule has 0 saturated heterocycles. The average molecular weight is 208 g/mol. The summed E-state index contributed by atoms with van der Waals surface area (Å²) in [7, 11) is 0. The van der Waals surface area contributed by atoms with E-state index in [0.29, 0.717) is 6.61 Å². The molecule has 0 amide bonds. The molecule has 3 N–H and O–H groups in total. The highest BCUT2D eigenvalue weighted by Crippen LogP contribution is 2.23. The molecule has 0 radical (unpaired) electrons. The zero-order valence-corrected chi connectivity index (χ0v) is 9.76. The van der Waals surface area contributed by atoms with Crippen molar-refractivity contribution in [1.82, 2.24) is 5.43 Å². The number of nitrogens with two attached hydrogens (primary N) is 1. The van der Waals surface area contributed by atoms with Crippen molar-refractivity contribution in [3.63, 3.8) is 0 Å². The first-order valence-electron chi connectivity index (χ1n) is 5.35. The van der Waals surface area contributed by atoms with E-state index in [-0.39, 0.29) is 0 Å². The van der Waals surface area contributed by atoms with Crippen molar-refractivity contribution in [1.29, 1.82) is 0 Å². The fourth-order valence-corrected chi connectivity index (χ4v) is 1.64. The third-order valence-electron chi connectivity index (χ3n) is 2.47. The molecule has 0 spiro atoms. The normalized spacial score (nSPS) is 10.4. The first kappa shape index (κ1) is 12.0. The predicted molar refractivity (Wildman–Crippen MR) is 63.0 cm³/mol. The van der Waals surface area contributed by atoms with Crippen LogP contribution in [0.4, 0.5) is 0 Å². The molecule has 0 unspecified atom stereocenters. The Bertz CT molecular complexity index is 324. The topological polar surface area (TPSA) is 47.3 Å². The van der Waals surface area contributed by atoms with Crippen LogP contribution < -0.4 is 16.0 Å². The van der Waals surface area contributed by atoms with Crippen molar-refractivity contribution >= 4 is 0 Å². The van der Waals surface area contributed by atoms with Crippen LogP contribution in [0.3, 0.4) is 0 Å². The summed E-state index contributed by atoms with van der Waals surface area (Å²) in [5.74, 6) is 6.25. The third kappa shape index (κ3) is 3.22. The molecule has 0 heterocycles. The van der Waals surface area contributed by atoms with Gasteiger partial charge in [-0.3, -0.25) is 11.3 Å². The van der Waals surface area contributed by atoms with E-state index in [9.17, 15) is 0 Å². The molecule has 0 aliphatic rings. The molecule has 3 heteroatoms. The molecule has 1 aromatic carbocycles. The van der Waals surface area contributed by atoms with Crippen molar-refractivity contribution < 1.29 is 4.74 Å². The monoisotopic (exact) mass is 208 g/mol. The molecule has 0 aliphatic carbocycles. The van der Waals surface area contributed by atoms with Gasteiger partial charge in [0.1, 0.15) is 5.75 Å². The predicted octanol–water partition coefficient (Wildman–Crippen LogP) is 1.71. The van der Waals surface area contributed by atoms with E-state index in [1.165, 1.54) is 16.7 Å². The second kappa shape index (κ2) is 5.73. The molecule has 1 rings (SSSR count). The maximum absolute atomic E-state index is 5.54. The summed E-state index contributed by atoms with van der Waals surface area (Å²) in [4.78, 5) is 0. The van der Waals surface area contributed by atoms with E-state index < -0.39 is 0 Å². The van der Waals surface area contributed by atoms with Gasteiger partial charge in [-0.15, -0.1) is 0 Å². The van der Waals surface area contributed by atoms with Gasteiger partial charge in [-0.05, 0) is 49.9 Å². The first-order chi connectivity index (χ1) is 7.19. The van der Waals surface area contributed by atoms with E-state index in [0.717, 1.165) is 18.7 Å². The van der Waals surface area contributed by atoms with Crippen LogP contribution in [-0.4, -0.2) is 13.2 Å². The molecule has 1 aromatic rings. The fraction of sp³-hybridized carbons (Fsp3) is 0.500. The van der Waals surface area contributed by atoms with Gasteiger partial charge in [0.05, 0.1) is 6.61 Å². The highest BCUT2D eigenvalue weighted by molar-refractivity contribution is 5.41. The fourth-order valence-electron chi connectivity index (χ4n) is 1.64. The van der Waals surface area contributed by atoms with Crippen LogP contribution in [0.1, 0.15) is 23.6 Å². The lowest BCUT2D eigenvalue weighted by Crippen LogP contribution is -2.24. The van der Waals surface area contributed by atoms with Gasteiger partial charge < -0.3 is 4.74 Å². The van der Waals surface area contributed by atoms with Gasteiger partial charge in [-0.1, -0.05) is 6.07 Å². The summed E-state index contributed by atoms with van der Waals surface area (Å²) < 4.78 is 5.54. The number of hydrogen-bond donors (Lipinski definition) is 2. The SMILES string of the molecule is CCOc1cc(C)c(CCNN)cc1C. The Morgan fingerprint density at radius 3 is 2.60 bits per heavy atom. The highest BCUT2D eigenvalue weighted by atomic mass is 16.5. The molecule has 0 fully saturated rings. The van der Waals surface area contributed by atoms with Gasteiger partial charge in [-0.25, -0.2) is 0 Å². The Morgan fingerprint density at radius 2 is 2.00 bits per heavy atom. The average Bonchev–Trinajstić information content (AvgIpc) is 2.21. The Hall–Kier alpha value is -1.06. The Kier molecular flexibility index (Phi) is 4.59. The maximum Gasteiger partial charge on any atom is 0.122 e. The zero-order chi connectivity index (χ0) is 11.3. The number of hydrazine groups is 1. The number of benzene rings is 1. The van der Waals surface area contributed by atoms with Crippen molar-refractivity contribution in [3.05, 3.63) is 28.8 Å². The molecular formula is C12H20N2O. The molecule has 0 bridgehead atoms. The van der Waals surface area contributed by atoms with Gasteiger partial charge in [0.25, 0.3) is 0 Å². The van der Waals surface area contributed by atoms with Crippen molar-refractivity contribution in [2.45, 2.75) is 27.2 Å². The van der Waals surface area contributed by atoms with Crippen LogP contribution >= 0.6 is 0 Å². The second-order valence-corrected chi connectivity index (χ2v) is 3.68. The summed E-state index contributed by atoms with van der Waals surface area (Å²) >= 11 is 0. The van der Waals surface area contributed by atoms with E-state index in [2.05, 4.69) is 31.4 Å². The lowest BCUT2D eigenvalue weighted by atomic mass is 10.0. The summed E-state index contributed by atoms with van der Waals surface area (Å²) in [6.07, 6.45) is 0.954. The molecular weight excluding hydrogens is 188 g/mol. The standard InChI is InChI=1S/C12H20N2O/c1-4-15-12-8-9(2)11(5-6-14-13)7-10(12)3/h7-8,14H,4-6,13H2,1-3H3.